The highest BCUT2D eigenvalue weighted by Gasteiger charge is 2.20. The fourth-order valence-corrected chi connectivity index (χ4v) is 2.46. The Labute approximate surface area is 106 Å². The van der Waals surface area contributed by atoms with E-state index in [0.717, 1.165) is 12.0 Å². The van der Waals surface area contributed by atoms with Crippen molar-refractivity contribution in [2.75, 3.05) is 0 Å². The van der Waals surface area contributed by atoms with Crippen LogP contribution in [0.1, 0.15) is 38.7 Å². The first-order valence-electron chi connectivity index (χ1n) is 5.44. The summed E-state index contributed by atoms with van der Waals surface area (Å²) >= 11 is 2.45. The Morgan fingerprint density at radius 3 is 2.27 bits per heavy atom. The lowest BCUT2D eigenvalue weighted by atomic mass is 9.84. The molecule has 0 radical (unpaired) electrons. The van der Waals surface area contributed by atoms with Gasteiger partial charge >= 0.3 is 0 Å². The number of rotatable bonds is 4. The third-order valence-electron chi connectivity index (χ3n) is 2.72. The van der Waals surface area contributed by atoms with Gasteiger partial charge < -0.3 is 5.11 Å². The summed E-state index contributed by atoms with van der Waals surface area (Å²) in [5.41, 5.74) is 1.09. The molecule has 1 aromatic rings. The quantitative estimate of drug-likeness (QED) is 0.646. The van der Waals surface area contributed by atoms with E-state index in [1.807, 2.05) is 18.2 Å². The topological polar surface area (TPSA) is 20.2 Å². The SMILES string of the molecule is CC(I)CC(c1ccccc1O)C(C)C. The van der Waals surface area contributed by atoms with E-state index in [4.69, 9.17) is 0 Å². The summed E-state index contributed by atoms with van der Waals surface area (Å²) in [5, 5.41) is 9.84. The van der Waals surface area contributed by atoms with Gasteiger partial charge in [-0.1, -0.05) is 61.6 Å². The molecule has 0 saturated carbocycles. The molecule has 0 saturated heterocycles. The summed E-state index contributed by atoms with van der Waals surface area (Å²) in [5.74, 6) is 1.46. The minimum atomic E-state index is 0.438. The predicted molar refractivity (Wildman–Crippen MR) is 73.8 cm³/mol. The van der Waals surface area contributed by atoms with Gasteiger partial charge in [0, 0.05) is 3.92 Å². The van der Waals surface area contributed by atoms with E-state index in [9.17, 15) is 5.11 Å². The summed E-state index contributed by atoms with van der Waals surface area (Å²) in [7, 11) is 0. The van der Waals surface area contributed by atoms with Crippen molar-refractivity contribution in [2.24, 2.45) is 5.92 Å². The number of phenols is 1. The molecule has 2 atom stereocenters. The van der Waals surface area contributed by atoms with Crippen LogP contribution < -0.4 is 0 Å². The number of hydrogen-bond acceptors (Lipinski definition) is 1. The highest BCUT2D eigenvalue weighted by molar-refractivity contribution is 14.1. The Morgan fingerprint density at radius 1 is 1.20 bits per heavy atom. The summed E-state index contributed by atoms with van der Waals surface area (Å²) < 4.78 is 0.634. The molecule has 0 aliphatic carbocycles. The summed E-state index contributed by atoms with van der Waals surface area (Å²) in [6.07, 6.45) is 1.12. The van der Waals surface area contributed by atoms with E-state index in [1.54, 1.807) is 6.07 Å². The van der Waals surface area contributed by atoms with Crippen LogP contribution in [0.5, 0.6) is 5.75 Å². The first-order chi connectivity index (χ1) is 7.02. The van der Waals surface area contributed by atoms with Crippen LogP contribution in [0.15, 0.2) is 24.3 Å². The molecule has 0 fully saturated rings. The standard InChI is InChI=1S/C13H19IO/c1-9(2)12(8-10(3)14)11-6-4-5-7-13(11)15/h4-7,9-10,12,15H,8H2,1-3H3. The van der Waals surface area contributed by atoms with Gasteiger partial charge in [0.1, 0.15) is 5.75 Å². The molecule has 1 aromatic carbocycles. The monoisotopic (exact) mass is 318 g/mol. The average molecular weight is 318 g/mol. The van der Waals surface area contributed by atoms with E-state index in [2.05, 4.69) is 43.4 Å². The van der Waals surface area contributed by atoms with E-state index < -0.39 is 0 Å². The lowest BCUT2D eigenvalue weighted by Crippen LogP contribution is -2.11. The Hall–Kier alpha value is -0.250. The van der Waals surface area contributed by atoms with Crippen LogP contribution in [0.4, 0.5) is 0 Å². The molecule has 0 aliphatic rings. The predicted octanol–water partition coefficient (Wildman–Crippen LogP) is 4.35. The Kier molecular flexibility index (Phi) is 4.90. The lowest BCUT2D eigenvalue weighted by Gasteiger charge is -2.23. The molecule has 0 amide bonds. The molecule has 2 unspecified atom stereocenters. The van der Waals surface area contributed by atoms with Gasteiger partial charge in [0.2, 0.25) is 0 Å². The summed E-state index contributed by atoms with van der Waals surface area (Å²) in [4.78, 5) is 0. The number of halogens is 1. The van der Waals surface area contributed by atoms with E-state index in [1.165, 1.54) is 0 Å². The third kappa shape index (κ3) is 3.67. The van der Waals surface area contributed by atoms with E-state index in [0.29, 0.717) is 21.5 Å². The largest absolute Gasteiger partial charge is 0.508 e. The molecular formula is C13H19IO. The maximum atomic E-state index is 9.84. The lowest BCUT2D eigenvalue weighted by molar-refractivity contribution is 0.424. The van der Waals surface area contributed by atoms with Crippen LogP contribution in [0.3, 0.4) is 0 Å². The van der Waals surface area contributed by atoms with Crippen LogP contribution >= 0.6 is 22.6 Å². The van der Waals surface area contributed by atoms with Crippen LogP contribution in [-0.2, 0) is 0 Å². The van der Waals surface area contributed by atoms with Gasteiger partial charge in [0.15, 0.2) is 0 Å². The van der Waals surface area contributed by atoms with Crippen LogP contribution in [0, 0.1) is 5.92 Å². The number of hydrogen-bond donors (Lipinski definition) is 1. The van der Waals surface area contributed by atoms with Gasteiger partial charge in [-0.05, 0) is 29.9 Å². The molecule has 0 aliphatic heterocycles. The number of benzene rings is 1. The van der Waals surface area contributed by atoms with Crippen molar-refractivity contribution < 1.29 is 5.11 Å². The molecule has 84 valence electrons. The van der Waals surface area contributed by atoms with Crippen LogP contribution in [-0.4, -0.2) is 9.03 Å². The molecule has 1 rings (SSSR count). The van der Waals surface area contributed by atoms with Crippen molar-refractivity contribution in [3.05, 3.63) is 29.8 Å². The average Bonchev–Trinajstić information content (AvgIpc) is 2.15. The molecule has 2 heteroatoms. The second-order valence-electron chi connectivity index (χ2n) is 4.43. The molecule has 15 heavy (non-hydrogen) atoms. The molecular weight excluding hydrogens is 299 g/mol. The van der Waals surface area contributed by atoms with Gasteiger partial charge in [-0.2, -0.15) is 0 Å². The number of phenolic OH excluding ortho intramolecular Hbond substituents is 1. The molecule has 0 heterocycles. The second-order valence-corrected chi connectivity index (χ2v) is 6.55. The summed E-state index contributed by atoms with van der Waals surface area (Å²) in [6, 6.07) is 7.70. The van der Waals surface area contributed by atoms with Crippen molar-refractivity contribution in [1.29, 1.82) is 0 Å². The van der Waals surface area contributed by atoms with Crippen LogP contribution in [0.25, 0.3) is 0 Å². The molecule has 0 aromatic heterocycles. The summed E-state index contributed by atoms with van der Waals surface area (Å²) in [6.45, 7) is 6.65. The highest BCUT2D eigenvalue weighted by Crippen LogP contribution is 2.35. The van der Waals surface area contributed by atoms with Crippen molar-refractivity contribution in [1.82, 2.24) is 0 Å². The molecule has 0 bridgehead atoms. The fourth-order valence-electron chi connectivity index (χ4n) is 1.91. The second kappa shape index (κ2) is 5.73. The van der Waals surface area contributed by atoms with Gasteiger partial charge in [-0.25, -0.2) is 0 Å². The Balaban J connectivity index is 2.94. The molecule has 1 nitrogen and oxygen atoms in total. The van der Waals surface area contributed by atoms with Crippen molar-refractivity contribution in [2.45, 2.75) is 37.0 Å². The number of aromatic hydroxyl groups is 1. The Morgan fingerprint density at radius 2 is 1.80 bits per heavy atom. The maximum absolute atomic E-state index is 9.84. The van der Waals surface area contributed by atoms with Crippen molar-refractivity contribution >= 4 is 22.6 Å². The Bertz CT molecular complexity index is 307. The van der Waals surface area contributed by atoms with Crippen molar-refractivity contribution in [3.63, 3.8) is 0 Å². The third-order valence-corrected chi connectivity index (χ3v) is 3.23. The van der Waals surface area contributed by atoms with Crippen molar-refractivity contribution in [3.8, 4) is 5.75 Å². The van der Waals surface area contributed by atoms with Gasteiger partial charge in [-0.15, -0.1) is 0 Å². The maximum Gasteiger partial charge on any atom is 0.119 e. The van der Waals surface area contributed by atoms with Crippen LogP contribution in [0.2, 0.25) is 0 Å². The molecule has 0 spiro atoms. The first kappa shape index (κ1) is 12.8. The fraction of sp³-hybridized carbons (Fsp3) is 0.538. The zero-order chi connectivity index (χ0) is 11.4. The first-order valence-corrected chi connectivity index (χ1v) is 6.69. The highest BCUT2D eigenvalue weighted by atomic mass is 127. The normalized spacial score (nSPS) is 15.3. The molecule has 1 N–H and O–H groups in total. The van der Waals surface area contributed by atoms with E-state index in [-0.39, 0.29) is 0 Å². The minimum absolute atomic E-state index is 0.438. The zero-order valence-electron chi connectivity index (χ0n) is 9.57. The van der Waals surface area contributed by atoms with Gasteiger partial charge in [0.05, 0.1) is 0 Å². The van der Waals surface area contributed by atoms with E-state index >= 15 is 0 Å². The smallest absolute Gasteiger partial charge is 0.119 e. The zero-order valence-corrected chi connectivity index (χ0v) is 11.7. The minimum Gasteiger partial charge on any atom is -0.508 e. The van der Waals surface area contributed by atoms with Gasteiger partial charge in [0.25, 0.3) is 0 Å². The number of para-hydroxylation sites is 1. The number of alkyl halides is 1. The van der Waals surface area contributed by atoms with Gasteiger partial charge in [-0.3, -0.25) is 0 Å².